The number of anilines is 1. The van der Waals surface area contributed by atoms with Crippen molar-refractivity contribution in [1.82, 2.24) is 0 Å². The van der Waals surface area contributed by atoms with Crippen LogP contribution >= 0.6 is 0 Å². The molecule has 3 aromatic carbocycles. The van der Waals surface area contributed by atoms with Crippen molar-refractivity contribution in [1.29, 1.82) is 5.26 Å². The Morgan fingerprint density at radius 1 is 1.00 bits per heavy atom. The van der Waals surface area contributed by atoms with Crippen molar-refractivity contribution in [2.45, 2.75) is 6.42 Å². The Morgan fingerprint density at radius 2 is 1.77 bits per heavy atom. The molecule has 0 spiro atoms. The lowest BCUT2D eigenvalue weighted by molar-refractivity contribution is -0.118. The molecule has 0 heterocycles. The van der Waals surface area contributed by atoms with E-state index in [1.165, 1.54) is 22.3 Å². The highest BCUT2D eigenvalue weighted by atomic mass is 16.5. The summed E-state index contributed by atoms with van der Waals surface area (Å²) in [7, 11) is 0. The van der Waals surface area contributed by atoms with Crippen LogP contribution in [-0.2, 0) is 11.2 Å². The van der Waals surface area contributed by atoms with E-state index in [4.69, 9.17) is 10.00 Å². The molecular formula is C22H16N2O2. The van der Waals surface area contributed by atoms with Crippen molar-refractivity contribution in [3.05, 3.63) is 83.4 Å². The number of ether oxygens (including phenoxy) is 1. The first-order valence-corrected chi connectivity index (χ1v) is 8.37. The number of fused-ring (bicyclic) bond motifs is 3. The fourth-order valence-electron chi connectivity index (χ4n) is 3.19. The first kappa shape index (κ1) is 15.9. The zero-order valence-corrected chi connectivity index (χ0v) is 14.0. The zero-order chi connectivity index (χ0) is 17.9. The van der Waals surface area contributed by atoms with Crippen molar-refractivity contribution in [3.8, 4) is 22.9 Å². The third-order valence-corrected chi connectivity index (χ3v) is 4.43. The van der Waals surface area contributed by atoms with Gasteiger partial charge in [-0.3, -0.25) is 4.79 Å². The highest BCUT2D eigenvalue weighted by Crippen LogP contribution is 2.37. The summed E-state index contributed by atoms with van der Waals surface area (Å²) in [5.41, 5.74) is 6.36. The van der Waals surface area contributed by atoms with Gasteiger partial charge in [0.05, 0.1) is 11.6 Å². The van der Waals surface area contributed by atoms with Crippen molar-refractivity contribution >= 4 is 11.6 Å². The van der Waals surface area contributed by atoms with Gasteiger partial charge in [0.15, 0.2) is 6.61 Å². The van der Waals surface area contributed by atoms with Gasteiger partial charge in [0.1, 0.15) is 5.75 Å². The molecule has 0 saturated heterocycles. The number of carbonyl (C=O) groups is 1. The Morgan fingerprint density at radius 3 is 2.58 bits per heavy atom. The minimum atomic E-state index is -0.218. The quantitative estimate of drug-likeness (QED) is 0.607. The van der Waals surface area contributed by atoms with Gasteiger partial charge >= 0.3 is 0 Å². The maximum atomic E-state index is 12.1. The van der Waals surface area contributed by atoms with Gasteiger partial charge in [-0.15, -0.1) is 0 Å². The van der Waals surface area contributed by atoms with Crippen molar-refractivity contribution in [2.24, 2.45) is 0 Å². The van der Waals surface area contributed by atoms with E-state index >= 15 is 0 Å². The van der Waals surface area contributed by atoms with E-state index in [1.807, 2.05) is 30.3 Å². The highest BCUT2D eigenvalue weighted by Gasteiger charge is 2.18. The number of amides is 1. The van der Waals surface area contributed by atoms with Crippen LogP contribution in [0, 0.1) is 11.3 Å². The summed E-state index contributed by atoms with van der Waals surface area (Å²) in [5, 5.41) is 11.7. The summed E-state index contributed by atoms with van der Waals surface area (Å²) in [5.74, 6) is 0.341. The van der Waals surface area contributed by atoms with E-state index in [-0.39, 0.29) is 12.5 Å². The molecule has 0 saturated carbocycles. The first-order valence-electron chi connectivity index (χ1n) is 8.37. The predicted molar refractivity (Wildman–Crippen MR) is 100.0 cm³/mol. The lowest BCUT2D eigenvalue weighted by Gasteiger charge is -2.09. The van der Waals surface area contributed by atoms with Gasteiger partial charge in [0.25, 0.3) is 5.91 Å². The standard InChI is InChI=1S/C22H16N2O2/c23-13-15-5-8-19(9-6-15)26-14-22(25)24-18-7-10-21-17(12-18)11-16-3-1-2-4-20(16)21/h1-10,12H,11,14H2,(H,24,25). The molecule has 1 aliphatic rings. The lowest BCUT2D eigenvalue weighted by atomic mass is 10.1. The third-order valence-electron chi connectivity index (χ3n) is 4.43. The Labute approximate surface area is 151 Å². The summed E-state index contributed by atoms with van der Waals surface area (Å²) in [6, 6.07) is 23.1. The van der Waals surface area contributed by atoms with Gasteiger partial charge in [-0.1, -0.05) is 30.3 Å². The monoisotopic (exact) mass is 340 g/mol. The smallest absolute Gasteiger partial charge is 0.262 e. The molecule has 4 nitrogen and oxygen atoms in total. The van der Waals surface area contributed by atoms with E-state index in [9.17, 15) is 4.79 Å². The molecule has 4 rings (SSSR count). The molecule has 1 N–H and O–H groups in total. The Kier molecular flexibility index (Phi) is 4.12. The number of nitrogens with one attached hydrogen (secondary N) is 1. The average Bonchev–Trinajstić information content (AvgIpc) is 3.04. The summed E-state index contributed by atoms with van der Waals surface area (Å²) in [6.07, 6.45) is 0.886. The number of benzene rings is 3. The fourth-order valence-corrected chi connectivity index (χ4v) is 3.19. The van der Waals surface area contributed by atoms with Gasteiger partial charge in [0.2, 0.25) is 0 Å². The minimum Gasteiger partial charge on any atom is -0.484 e. The molecule has 26 heavy (non-hydrogen) atoms. The molecule has 1 amide bonds. The molecule has 0 unspecified atom stereocenters. The number of hydrogen-bond donors (Lipinski definition) is 1. The van der Waals surface area contributed by atoms with Crippen molar-refractivity contribution in [2.75, 3.05) is 11.9 Å². The van der Waals surface area contributed by atoms with Crippen LogP contribution in [0.15, 0.2) is 66.7 Å². The number of hydrogen-bond acceptors (Lipinski definition) is 3. The molecular weight excluding hydrogens is 324 g/mol. The van der Waals surface area contributed by atoms with Crippen LogP contribution in [0.1, 0.15) is 16.7 Å². The largest absolute Gasteiger partial charge is 0.484 e. The summed E-state index contributed by atoms with van der Waals surface area (Å²) in [6.45, 7) is -0.0801. The van der Waals surface area contributed by atoms with Gasteiger partial charge < -0.3 is 10.1 Å². The van der Waals surface area contributed by atoms with Crippen LogP contribution in [0.3, 0.4) is 0 Å². The van der Waals surface area contributed by atoms with Crippen molar-refractivity contribution < 1.29 is 9.53 Å². The lowest BCUT2D eigenvalue weighted by Crippen LogP contribution is -2.20. The second-order valence-electron chi connectivity index (χ2n) is 6.18. The van der Waals surface area contributed by atoms with E-state index < -0.39 is 0 Å². The van der Waals surface area contributed by atoms with Gasteiger partial charge in [-0.05, 0) is 65.1 Å². The highest BCUT2D eigenvalue weighted by molar-refractivity contribution is 5.92. The molecule has 0 atom stereocenters. The van der Waals surface area contributed by atoms with Crippen LogP contribution in [0.2, 0.25) is 0 Å². The molecule has 126 valence electrons. The summed E-state index contributed by atoms with van der Waals surface area (Å²) in [4.78, 5) is 12.1. The van der Waals surface area contributed by atoms with E-state index in [0.29, 0.717) is 11.3 Å². The first-order chi connectivity index (χ1) is 12.7. The Bertz CT molecular complexity index is 1020. The Hall–Kier alpha value is -3.58. The van der Waals surface area contributed by atoms with Gasteiger partial charge in [-0.2, -0.15) is 5.26 Å². The minimum absolute atomic E-state index is 0.0801. The molecule has 0 radical (unpaired) electrons. The SMILES string of the molecule is N#Cc1ccc(OCC(=O)Nc2ccc3c(c2)Cc2ccccc2-3)cc1. The molecule has 4 heteroatoms. The summed E-state index contributed by atoms with van der Waals surface area (Å²) < 4.78 is 5.46. The number of nitrogens with zero attached hydrogens (tertiary/aromatic N) is 1. The fraction of sp³-hybridized carbons (Fsp3) is 0.0909. The Balaban J connectivity index is 1.39. The molecule has 1 aliphatic carbocycles. The maximum absolute atomic E-state index is 12.1. The second-order valence-corrected chi connectivity index (χ2v) is 6.18. The van der Waals surface area contributed by atoms with Crippen LogP contribution in [0.25, 0.3) is 11.1 Å². The predicted octanol–water partition coefficient (Wildman–Crippen LogP) is 4.15. The third kappa shape index (κ3) is 3.15. The van der Waals surface area contributed by atoms with E-state index in [0.717, 1.165) is 12.1 Å². The number of rotatable bonds is 4. The van der Waals surface area contributed by atoms with E-state index in [1.54, 1.807) is 24.3 Å². The normalized spacial score (nSPS) is 11.2. The van der Waals surface area contributed by atoms with Gasteiger partial charge in [-0.25, -0.2) is 0 Å². The van der Waals surface area contributed by atoms with Crippen molar-refractivity contribution in [3.63, 3.8) is 0 Å². The molecule has 0 aromatic heterocycles. The van der Waals surface area contributed by atoms with Gasteiger partial charge in [0, 0.05) is 5.69 Å². The number of nitriles is 1. The molecule has 3 aromatic rings. The molecule has 0 fully saturated rings. The number of carbonyl (C=O) groups excluding carboxylic acids is 1. The zero-order valence-electron chi connectivity index (χ0n) is 14.0. The average molecular weight is 340 g/mol. The van der Waals surface area contributed by atoms with Crippen LogP contribution in [0.4, 0.5) is 5.69 Å². The van der Waals surface area contributed by atoms with Crippen LogP contribution in [0.5, 0.6) is 5.75 Å². The molecule has 0 bridgehead atoms. The van der Waals surface area contributed by atoms with E-state index in [2.05, 4.69) is 23.5 Å². The van der Waals surface area contributed by atoms with Crippen LogP contribution < -0.4 is 10.1 Å². The molecule has 0 aliphatic heterocycles. The topological polar surface area (TPSA) is 62.1 Å². The second kappa shape index (κ2) is 6.73. The maximum Gasteiger partial charge on any atom is 0.262 e. The van der Waals surface area contributed by atoms with Crippen LogP contribution in [-0.4, -0.2) is 12.5 Å². The summed E-state index contributed by atoms with van der Waals surface area (Å²) >= 11 is 0.